The Balaban J connectivity index is 1.73. The number of nitrogens with zero attached hydrogens (tertiary/aromatic N) is 2. The van der Waals surface area contributed by atoms with E-state index in [2.05, 4.69) is 15.7 Å². The summed E-state index contributed by atoms with van der Waals surface area (Å²) in [7, 11) is 1.94. The number of rotatable bonds is 2. The van der Waals surface area contributed by atoms with Crippen molar-refractivity contribution in [2.75, 3.05) is 6.54 Å². The quantitative estimate of drug-likeness (QED) is 0.805. The molecule has 5 nitrogen and oxygen atoms in total. The molecular weight excluding hydrogens is 252 g/mol. The largest absolute Gasteiger partial charge is 0.348 e. The summed E-state index contributed by atoms with van der Waals surface area (Å²) in [6.07, 6.45) is 8.23. The molecule has 0 saturated heterocycles. The number of amides is 1. The van der Waals surface area contributed by atoms with Gasteiger partial charge in [0.15, 0.2) is 5.69 Å². The van der Waals surface area contributed by atoms with Crippen LogP contribution >= 0.6 is 0 Å². The van der Waals surface area contributed by atoms with Crippen LogP contribution in [0.3, 0.4) is 0 Å². The Bertz CT molecular complexity index is 486. The third-order valence-corrected chi connectivity index (χ3v) is 4.52. The number of carbonyl (C=O) groups excluding carboxylic acids is 1. The zero-order valence-corrected chi connectivity index (χ0v) is 12.2. The number of aryl methyl sites for hydroxylation is 1. The van der Waals surface area contributed by atoms with Gasteiger partial charge in [-0.05, 0) is 12.8 Å². The van der Waals surface area contributed by atoms with Gasteiger partial charge in [0.05, 0.1) is 0 Å². The molecule has 5 heteroatoms. The Morgan fingerprint density at radius 2 is 2.05 bits per heavy atom. The number of fused-ring (bicyclic) bond motifs is 1. The van der Waals surface area contributed by atoms with Crippen LogP contribution in [0, 0.1) is 0 Å². The van der Waals surface area contributed by atoms with Gasteiger partial charge in [-0.25, -0.2) is 0 Å². The van der Waals surface area contributed by atoms with Crippen molar-refractivity contribution in [1.82, 2.24) is 20.4 Å². The van der Waals surface area contributed by atoms with Crippen LogP contribution < -0.4 is 10.6 Å². The van der Waals surface area contributed by atoms with Crippen LogP contribution in [0.25, 0.3) is 0 Å². The first kappa shape index (κ1) is 13.6. The minimum absolute atomic E-state index is 0.0115. The van der Waals surface area contributed by atoms with Crippen molar-refractivity contribution in [2.24, 2.45) is 7.05 Å². The van der Waals surface area contributed by atoms with Gasteiger partial charge < -0.3 is 10.6 Å². The van der Waals surface area contributed by atoms with E-state index < -0.39 is 0 Å². The predicted molar refractivity (Wildman–Crippen MR) is 77.6 cm³/mol. The first-order valence-electron chi connectivity index (χ1n) is 7.82. The smallest absolute Gasteiger partial charge is 0.272 e. The Morgan fingerprint density at radius 3 is 2.80 bits per heavy atom. The molecule has 20 heavy (non-hydrogen) atoms. The maximum atomic E-state index is 12.5. The molecule has 1 aromatic heterocycles. The second kappa shape index (κ2) is 5.95. The second-order valence-electron chi connectivity index (χ2n) is 5.99. The van der Waals surface area contributed by atoms with Crippen LogP contribution in [0.2, 0.25) is 0 Å². The molecular formula is C15H24N4O. The molecule has 0 spiro atoms. The zero-order valence-electron chi connectivity index (χ0n) is 12.2. The van der Waals surface area contributed by atoms with Gasteiger partial charge in [-0.15, -0.1) is 0 Å². The molecule has 2 heterocycles. The van der Waals surface area contributed by atoms with Gasteiger partial charge in [0.2, 0.25) is 0 Å². The summed E-state index contributed by atoms with van der Waals surface area (Å²) >= 11 is 0. The van der Waals surface area contributed by atoms with Gasteiger partial charge >= 0.3 is 0 Å². The van der Waals surface area contributed by atoms with Crippen molar-refractivity contribution in [1.29, 1.82) is 0 Å². The van der Waals surface area contributed by atoms with E-state index in [1.54, 1.807) is 0 Å². The zero-order chi connectivity index (χ0) is 13.9. The minimum atomic E-state index is 0.0115. The standard InChI is InChI=1S/C15H24N4O/c1-19-13-8-9-16-10-12(13)14(18-19)15(20)17-11-6-4-2-3-5-7-11/h11,16H,2-10H2,1H3,(H,17,20). The number of carbonyl (C=O) groups is 1. The highest BCUT2D eigenvalue weighted by atomic mass is 16.2. The molecule has 2 aliphatic rings. The Hall–Kier alpha value is -1.36. The van der Waals surface area contributed by atoms with Gasteiger partial charge in [-0.3, -0.25) is 9.48 Å². The van der Waals surface area contributed by atoms with E-state index in [1.807, 2.05) is 11.7 Å². The molecule has 1 amide bonds. The molecule has 0 aromatic carbocycles. The van der Waals surface area contributed by atoms with Crippen LogP contribution in [0.5, 0.6) is 0 Å². The molecule has 0 atom stereocenters. The highest BCUT2D eigenvalue weighted by Gasteiger charge is 2.25. The summed E-state index contributed by atoms with van der Waals surface area (Å²) in [6, 6.07) is 0.333. The third kappa shape index (κ3) is 2.73. The van der Waals surface area contributed by atoms with Crippen LogP contribution in [-0.4, -0.2) is 28.3 Å². The van der Waals surface area contributed by atoms with E-state index in [9.17, 15) is 4.79 Å². The summed E-state index contributed by atoms with van der Waals surface area (Å²) in [5, 5.41) is 11.0. The maximum Gasteiger partial charge on any atom is 0.272 e. The summed E-state index contributed by atoms with van der Waals surface area (Å²) in [4.78, 5) is 12.5. The summed E-state index contributed by atoms with van der Waals surface area (Å²) < 4.78 is 1.87. The van der Waals surface area contributed by atoms with Crippen molar-refractivity contribution in [3.8, 4) is 0 Å². The van der Waals surface area contributed by atoms with Gasteiger partial charge in [-0.1, -0.05) is 25.7 Å². The summed E-state index contributed by atoms with van der Waals surface area (Å²) in [5.74, 6) is 0.0115. The molecule has 110 valence electrons. The van der Waals surface area contributed by atoms with Crippen LogP contribution in [0.15, 0.2) is 0 Å². The molecule has 3 rings (SSSR count). The van der Waals surface area contributed by atoms with E-state index in [0.29, 0.717) is 11.7 Å². The predicted octanol–water partition coefficient (Wildman–Crippen LogP) is 1.52. The summed E-state index contributed by atoms with van der Waals surface area (Å²) in [5.41, 5.74) is 2.92. The molecule has 1 aliphatic heterocycles. The Labute approximate surface area is 120 Å². The highest BCUT2D eigenvalue weighted by molar-refractivity contribution is 5.94. The fourth-order valence-electron chi connectivity index (χ4n) is 3.38. The van der Waals surface area contributed by atoms with E-state index in [-0.39, 0.29) is 5.91 Å². The average molecular weight is 276 g/mol. The van der Waals surface area contributed by atoms with E-state index >= 15 is 0 Å². The molecule has 1 aliphatic carbocycles. The first-order valence-corrected chi connectivity index (χ1v) is 7.82. The van der Waals surface area contributed by atoms with Crippen LogP contribution in [0.4, 0.5) is 0 Å². The lowest BCUT2D eigenvalue weighted by molar-refractivity contribution is 0.0926. The monoisotopic (exact) mass is 276 g/mol. The number of nitrogens with one attached hydrogen (secondary N) is 2. The van der Waals surface area contributed by atoms with E-state index in [0.717, 1.165) is 37.9 Å². The maximum absolute atomic E-state index is 12.5. The Kier molecular flexibility index (Phi) is 4.05. The van der Waals surface area contributed by atoms with Crippen molar-refractivity contribution in [3.63, 3.8) is 0 Å². The Morgan fingerprint density at radius 1 is 1.30 bits per heavy atom. The van der Waals surface area contributed by atoms with Crippen LogP contribution in [0.1, 0.15) is 60.3 Å². The molecule has 0 unspecified atom stereocenters. The SMILES string of the molecule is Cn1nc(C(=O)NC2CCCCCC2)c2c1CCNC2. The third-order valence-electron chi connectivity index (χ3n) is 4.52. The average Bonchev–Trinajstić information content (AvgIpc) is 2.64. The molecule has 2 N–H and O–H groups in total. The summed E-state index contributed by atoms with van der Waals surface area (Å²) in [6.45, 7) is 1.73. The van der Waals surface area contributed by atoms with E-state index in [4.69, 9.17) is 0 Å². The lowest BCUT2D eigenvalue weighted by Crippen LogP contribution is -2.35. The molecule has 1 fully saturated rings. The highest BCUT2D eigenvalue weighted by Crippen LogP contribution is 2.20. The van der Waals surface area contributed by atoms with Gasteiger partial charge in [0, 0.05) is 43.9 Å². The molecule has 0 bridgehead atoms. The van der Waals surface area contributed by atoms with Gasteiger partial charge in [0.1, 0.15) is 0 Å². The topological polar surface area (TPSA) is 59.0 Å². The molecule has 1 aromatic rings. The minimum Gasteiger partial charge on any atom is -0.348 e. The number of hydrogen-bond acceptors (Lipinski definition) is 3. The lowest BCUT2D eigenvalue weighted by Gasteiger charge is -2.17. The van der Waals surface area contributed by atoms with Crippen LogP contribution in [-0.2, 0) is 20.0 Å². The number of hydrogen-bond donors (Lipinski definition) is 2. The van der Waals surface area contributed by atoms with Crippen molar-refractivity contribution >= 4 is 5.91 Å². The van der Waals surface area contributed by atoms with E-state index in [1.165, 1.54) is 31.4 Å². The lowest BCUT2D eigenvalue weighted by atomic mass is 10.1. The van der Waals surface area contributed by atoms with Crippen molar-refractivity contribution in [2.45, 2.75) is 57.5 Å². The second-order valence-corrected chi connectivity index (χ2v) is 5.99. The molecule has 0 radical (unpaired) electrons. The molecule has 1 saturated carbocycles. The first-order chi connectivity index (χ1) is 9.75. The van der Waals surface area contributed by atoms with Gasteiger partial charge in [-0.2, -0.15) is 5.10 Å². The fraction of sp³-hybridized carbons (Fsp3) is 0.733. The van der Waals surface area contributed by atoms with Crippen molar-refractivity contribution < 1.29 is 4.79 Å². The normalized spacial score (nSPS) is 20.2. The number of aromatic nitrogens is 2. The van der Waals surface area contributed by atoms with Crippen molar-refractivity contribution in [3.05, 3.63) is 17.0 Å². The van der Waals surface area contributed by atoms with Gasteiger partial charge in [0.25, 0.3) is 5.91 Å². The fourth-order valence-corrected chi connectivity index (χ4v) is 3.38.